The molecule has 11 heteroatoms. The average molecular weight is 491 g/mol. The molecule has 4 rings (SSSR count). The summed E-state index contributed by atoms with van der Waals surface area (Å²) in [6.07, 6.45) is 1.47. The molecule has 0 saturated carbocycles. The number of ether oxygens (including phenoxy) is 1. The van der Waals surface area contributed by atoms with E-state index in [1.807, 2.05) is 6.92 Å². The van der Waals surface area contributed by atoms with Crippen molar-refractivity contribution in [1.82, 2.24) is 20.6 Å². The van der Waals surface area contributed by atoms with E-state index in [1.54, 1.807) is 25.1 Å². The number of hydrogen-bond donors (Lipinski definition) is 3. The molecule has 34 heavy (non-hydrogen) atoms. The molecule has 1 aliphatic rings. The maximum Gasteiger partial charge on any atom is 0.263 e. The smallest absolute Gasteiger partial charge is 0.263 e. The maximum atomic E-state index is 15.0. The lowest BCUT2D eigenvalue weighted by atomic mass is 9.99. The van der Waals surface area contributed by atoms with Gasteiger partial charge >= 0.3 is 0 Å². The zero-order valence-corrected chi connectivity index (χ0v) is 20.1. The number of nitrogens with zero attached hydrogens (tertiary/aromatic N) is 3. The highest BCUT2D eigenvalue weighted by molar-refractivity contribution is 7.21. The number of nitrogens with one attached hydrogen (secondary N) is 2. The number of aryl methyl sites for hydroxylation is 1. The summed E-state index contributed by atoms with van der Waals surface area (Å²) in [5.74, 6) is -1.88. The number of carbonyl (C=O) groups is 1. The number of anilines is 2. The second-order valence-corrected chi connectivity index (χ2v) is 9.45. The van der Waals surface area contributed by atoms with Crippen LogP contribution in [0.4, 0.5) is 20.2 Å². The van der Waals surface area contributed by atoms with E-state index >= 15 is 8.78 Å². The molecule has 0 aliphatic carbocycles. The van der Waals surface area contributed by atoms with Gasteiger partial charge < -0.3 is 26.0 Å². The van der Waals surface area contributed by atoms with Crippen molar-refractivity contribution < 1.29 is 18.3 Å². The number of carbonyl (C=O) groups excluding carboxylic acids is 1. The summed E-state index contributed by atoms with van der Waals surface area (Å²) in [6.45, 7) is 5.96. The summed E-state index contributed by atoms with van der Waals surface area (Å²) >= 11 is 1.16. The van der Waals surface area contributed by atoms with E-state index in [0.717, 1.165) is 17.0 Å². The molecular formula is C23H28F2N6O2S. The first-order valence-corrected chi connectivity index (χ1v) is 11.9. The lowest BCUT2D eigenvalue weighted by molar-refractivity contribution is 0.0956. The van der Waals surface area contributed by atoms with Crippen molar-refractivity contribution in [2.75, 3.05) is 50.5 Å². The van der Waals surface area contributed by atoms with Crippen molar-refractivity contribution in [3.63, 3.8) is 0 Å². The van der Waals surface area contributed by atoms with Crippen molar-refractivity contribution in [1.29, 1.82) is 0 Å². The Bertz CT molecular complexity index is 1200. The minimum Gasteiger partial charge on any atom is -0.396 e. The van der Waals surface area contributed by atoms with Gasteiger partial charge in [-0.3, -0.25) is 4.79 Å². The van der Waals surface area contributed by atoms with E-state index in [1.165, 1.54) is 12.1 Å². The molecule has 182 valence electrons. The Morgan fingerprint density at radius 2 is 2.21 bits per heavy atom. The molecule has 1 fully saturated rings. The van der Waals surface area contributed by atoms with E-state index < -0.39 is 23.5 Å². The molecule has 1 saturated heterocycles. The van der Waals surface area contributed by atoms with Crippen molar-refractivity contribution in [2.24, 2.45) is 0 Å². The Hall–Kier alpha value is -2.89. The quantitative estimate of drug-likeness (QED) is 0.488. The number of nitrogens with two attached hydrogens (primary N) is 1. The van der Waals surface area contributed by atoms with Crippen LogP contribution in [-0.2, 0) is 4.74 Å². The molecule has 1 unspecified atom stereocenters. The minimum atomic E-state index is -0.519. The molecule has 0 radical (unpaired) electrons. The fourth-order valence-electron chi connectivity index (χ4n) is 4.00. The first kappa shape index (κ1) is 24.2. The van der Waals surface area contributed by atoms with Crippen LogP contribution in [-0.4, -0.2) is 61.8 Å². The van der Waals surface area contributed by atoms with Gasteiger partial charge in [0.25, 0.3) is 5.91 Å². The molecule has 4 N–H and O–H groups in total. The first-order chi connectivity index (χ1) is 16.3. The maximum absolute atomic E-state index is 15.0. The molecule has 2 aromatic heterocycles. The molecule has 3 aromatic rings. The number of benzene rings is 1. The molecule has 1 aliphatic heterocycles. The lowest BCUT2D eigenvalue weighted by Gasteiger charge is -2.26. The van der Waals surface area contributed by atoms with E-state index in [-0.39, 0.29) is 29.6 Å². The van der Waals surface area contributed by atoms with E-state index in [4.69, 9.17) is 10.5 Å². The molecule has 2 atom stereocenters. The van der Waals surface area contributed by atoms with Crippen molar-refractivity contribution in [3.8, 4) is 0 Å². The van der Waals surface area contributed by atoms with Gasteiger partial charge in [0.05, 0.1) is 23.2 Å². The zero-order valence-electron chi connectivity index (χ0n) is 19.3. The Labute approximate surface area is 200 Å². The van der Waals surface area contributed by atoms with Crippen LogP contribution in [0.1, 0.15) is 33.8 Å². The van der Waals surface area contributed by atoms with Crippen LogP contribution in [0.3, 0.4) is 0 Å². The van der Waals surface area contributed by atoms with E-state index in [9.17, 15) is 4.79 Å². The van der Waals surface area contributed by atoms with E-state index in [0.29, 0.717) is 41.4 Å². The number of aromatic nitrogens is 2. The Balaban J connectivity index is 1.47. The van der Waals surface area contributed by atoms with Crippen LogP contribution in [0.2, 0.25) is 0 Å². The highest BCUT2D eigenvalue weighted by atomic mass is 32.1. The second kappa shape index (κ2) is 10.2. The van der Waals surface area contributed by atoms with Crippen LogP contribution >= 0.6 is 11.3 Å². The van der Waals surface area contributed by atoms with Gasteiger partial charge in [-0.2, -0.15) is 0 Å². The number of rotatable bonds is 6. The fraction of sp³-hybridized carbons (Fsp3) is 0.435. The second-order valence-electron chi connectivity index (χ2n) is 8.45. The zero-order chi connectivity index (χ0) is 24.4. The number of thiophene rings is 1. The highest BCUT2D eigenvalue weighted by Crippen LogP contribution is 2.31. The largest absolute Gasteiger partial charge is 0.396 e. The van der Waals surface area contributed by atoms with Crippen LogP contribution in [0.25, 0.3) is 10.3 Å². The van der Waals surface area contributed by atoms with Crippen LogP contribution < -0.4 is 21.3 Å². The number of fused-ring (bicyclic) bond motifs is 1. The van der Waals surface area contributed by atoms with Gasteiger partial charge in [0.1, 0.15) is 26.9 Å². The van der Waals surface area contributed by atoms with Gasteiger partial charge in [0.15, 0.2) is 0 Å². The van der Waals surface area contributed by atoms with Gasteiger partial charge in [-0.05, 0) is 18.6 Å². The van der Waals surface area contributed by atoms with Gasteiger partial charge in [-0.25, -0.2) is 18.7 Å². The van der Waals surface area contributed by atoms with E-state index in [2.05, 4.69) is 20.6 Å². The monoisotopic (exact) mass is 490 g/mol. The molecule has 0 bridgehead atoms. The predicted molar refractivity (Wildman–Crippen MR) is 130 cm³/mol. The summed E-state index contributed by atoms with van der Waals surface area (Å²) < 4.78 is 35.4. The summed E-state index contributed by atoms with van der Waals surface area (Å²) in [7, 11) is 1.60. The molecule has 8 nitrogen and oxygen atoms in total. The lowest BCUT2D eigenvalue weighted by Crippen LogP contribution is -2.34. The normalized spacial score (nSPS) is 17.6. The molecule has 3 heterocycles. The van der Waals surface area contributed by atoms with Crippen molar-refractivity contribution in [3.05, 3.63) is 46.1 Å². The van der Waals surface area contributed by atoms with Gasteiger partial charge in [0, 0.05) is 58.0 Å². The molecule has 1 amide bonds. The number of nitrogen functional groups attached to an aromatic ring is 1. The summed E-state index contributed by atoms with van der Waals surface area (Å²) in [5, 5.41) is 6.00. The van der Waals surface area contributed by atoms with Gasteiger partial charge in [0.2, 0.25) is 0 Å². The molecule has 0 spiro atoms. The fourth-order valence-corrected chi connectivity index (χ4v) is 5.02. The molecular weight excluding hydrogens is 462 g/mol. The number of hydrogen-bond acceptors (Lipinski definition) is 8. The van der Waals surface area contributed by atoms with Gasteiger partial charge in [-0.1, -0.05) is 6.92 Å². The van der Waals surface area contributed by atoms with Crippen molar-refractivity contribution >= 4 is 39.0 Å². The van der Waals surface area contributed by atoms with Crippen LogP contribution in [0.15, 0.2) is 18.3 Å². The summed E-state index contributed by atoms with van der Waals surface area (Å²) in [4.78, 5) is 24.0. The Kier molecular flexibility index (Phi) is 7.24. The average Bonchev–Trinajstić information content (AvgIpc) is 2.98. The van der Waals surface area contributed by atoms with Crippen LogP contribution in [0.5, 0.6) is 0 Å². The number of amides is 1. The summed E-state index contributed by atoms with van der Waals surface area (Å²) in [5.41, 5.74) is 7.96. The van der Waals surface area contributed by atoms with Crippen molar-refractivity contribution in [2.45, 2.75) is 25.9 Å². The van der Waals surface area contributed by atoms with Crippen LogP contribution in [0, 0.1) is 18.6 Å². The first-order valence-electron chi connectivity index (χ1n) is 11.1. The summed E-state index contributed by atoms with van der Waals surface area (Å²) in [6, 6.07) is 2.44. The number of methoxy groups -OCH3 is 1. The molecule has 1 aromatic carbocycles. The third kappa shape index (κ3) is 4.96. The highest BCUT2D eigenvalue weighted by Gasteiger charge is 2.24. The minimum absolute atomic E-state index is 0.113. The number of halogens is 2. The topological polar surface area (TPSA) is 105 Å². The Morgan fingerprint density at radius 1 is 1.41 bits per heavy atom. The van der Waals surface area contributed by atoms with Gasteiger partial charge in [-0.15, -0.1) is 11.3 Å². The third-order valence-electron chi connectivity index (χ3n) is 5.96. The Morgan fingerprint density at radius 3 is 2.97 bits per heavy atom. The third-order valence-corrected chi connectivity index (χ3v) is 7.05. The predicted octanol–water partition coefficient (Wildman–Crippen LogP) is 2.82. The SMILES string of the molecule is COC1CNCCN(c2cc(F)c([C@H](C)CNC(=O)c3sc4nc(C)cnc4c3N)cc2F)C1. The standard InChI is InChI=1S/C23H28F2N6O2S/c1-12(8-29-22(32)21-19(26)20-23(34-21)30-13(2)9-28-20)15-6-17(25)18(7-16(15)24)31-5-4-27-10-14(11-31)33-3/h6-7,9,12,14,27H,4-5,8,10-11,26H2,1-3H3,(H,29,32)/t12-,14?/m1/s1.